The van der Waals surface area contributed by atoms with Crippen LogP contribution in [0, 0.1) is 0 Å². The molecule has 1 aliphatic heterocycles. The zero-order chi connectivity index (χ0) is 8.48. The van der Waals surface area contributed by atoms with Crippen molar-refractivity contribution in [1.29, 1.82) is 0 Å². The molecule has 0 amide bonds. The van der Waals surface area contributed by atoms with Crippen molar-refractivity contribution in [3.8, 4) is 0 Å². The highest BCUT2D eigenvalue weighted by atomic mass is 28.3. The first-order chi connectivity index (χ1) is 5.05. The Morgan fingerprint density at radius 3 is 2.27 bits per heavy atom. The van der Waals surface area contributed by atoms with E-state index in [0.29, 0.717) is 11.8 Å². The Morgan fingerprint density at radius 2 is 1.91 bits per heavy atom. The van der Waals surface area contributed by atoms with E-state index in [1.807, 2.05) is 0 Å². The van der Waals surface area contributed by atoms with Gasteiger partial charge < -0.3 is 4.74 Å². The first-order valence-electron chi connectivity index (χ1n) is 4.71. The van der Waals surface area contributed by atoms with Gasteiger partial charge in [-0.05, 0) is 6.42 Å². The molecule has 0 aliphatic carbocycles. The maximum absolute atomic E-state index is 5.65. The molecule has 1 fully saturated rings. The van der Waals surface area contributed by atoms with E-state index in [2.05, 4.69) is 26.6 Å². The SMILES string of the molecule is CCCCC1OC1[Si](C)(C)C. The van der Waals surface area contributed by atoms with Crippen LogP contribution in [0.3, 0.4) is 0 Å². The van der Waals surface area contributed by atoms with Gasteiger partial charge in [0.25, 0.3) is 0 Å². The monoisotopic (exact) mass is 172 g/mol. The van der Waals surface area contributed by atoms with Gasteiger partial charge in [0.15, 0.2) is 0 Å². The summed E-state index contributed by atoms with van der Waals surface area (Å²) in [5, 5.41) is 0. The van der Waals surface area contributed by atoms with Crippen LogP contribution in [0.4, 0.5) is 0 Å². The number of rotatable bonds is 4. The highest BCUT2D eigenvalue weighted by Gasteiger charge is 2.47. The lowest BCUT2D eigenvalue weighted by Gasteiger charge is -2.10. The number of unbranched alkanes of at least 4 members (excludes halogenated alkanes) is 1. The fourth-order valence-corrected chi connectivity index (χ4v) is 3.39. The van der Waals surface area contributed by atoms with Crippen molar-refractivity contribution in [2.24, 2.45) is 0 Å². The average Bonchev–Trinajstić information content (AvgIpc) is 2.60. The largest absolute Gasteiger partial charge is 0.373 e. The van der Waals surface area contributed by atoms with Crippen LogP contribution in [-0.2, 0) is 4.74 Å². The molecule has 0 spiro atoms. The van der Waals surface area contributed by atoms with Gasteiger partial charge in [-0.1, -0.05) is 39.4 Å². The summed E-state index contributed by atoms with van der Waals surface area (Å²) in [5.74, 6) is 0. The van der Waals surface area contributed by atoms with E-state index in [1.165, 1.54) is 19.3 Å². The van der Waals surface area contributed by atoms with Crippen molar-refractivity contribution in [1.82, 2.24) is 0 Å². The Hall–Kier alpha value is 0.177. The van der Waals surface area contributed by atoms with Gasteiger partial charge in [0, 0.05) is 0 Å². The van der Waals surface area contributed by atoms with E-state index in [4.69, 9.17) is 4.74 Å². The molecule has 1 rings (SSSR count). The first-order valence-corrected chi connectivity index (χ1v) is 8.29. The van der Waals surface area contributed by atoms with Crippen LogP contribution >= 0.6 is 0 Å². The van der Waals surface area contributed by atoms with E-state index >= 15 is 0 Å². The summed E-state index contributed by atoms with van der Waals surface area (Å²) in [4.78, 5) is 0. The minimum absolute atomic E-state index is 0.640. The predicted molar refractivity (Wildman–Crippen MR) is 51.5 cm³/mol. The predicted octanol–water partition coefficient (Wildman–Crippen LogP) is 2.82. The van der Waals surface area contributed by atoms with Crippen molar-refractivity contribution in [2.75, 3.05) is 0 Å². The number of hydrogen-bond donors (Lipinski definition) is 0. The smallest absolute Gasteiger partial charge is 0.0819 e. The molecule has 1 nitrogen and oxygen atoms in total. The Bertz CT molecular complexity index is 128. The maximum atomic E-state index is 5.65. The van der Waals surface area contributed by atoms with Crippen molar-refractivity contribution in [2.45, 2.75) is 57.7 Å². The molecule has 0 saturated carbocycles. The van der Waals surface area contributed by atoms with E-state index in [0.717, 1.165) is 0 Å². The molecule has 2 atom stereocenters. The molecule has 0 bridgehead atoms. The zero-order valence-corrected chi connectivity index (χ0v) is 9.18. The molecule has 2 heteroatoms. The van der Waals surface area contributed by atoms with Gasteiger partial charge in [-0.25, -0.2) is 0 Å². The van der Waals surface area contributed by atoms with E-state index < -0.39 is 8.07 Å². The lowest BCUT2D eigenvalue weighted by molar-refractivity contribution is 0.380. The van der Waals surface area contributed by atoms with Gasteiger partial charge in [-0.3, -0.25) is 0 Å². The second-order valence-electron chi connectivity index (χ2n) is 4.60. The summed E-state index contributed by atoms with van der Waals surface area (Å²) in [6.45, 7) is 9.42. The third-order valence-electron chi connectivity index (χ3n) is 2.28. The molecular formula is C9H20OSi. The summed E-state index contributed by atoms with van der Waals surface area (Å²) in [5.41, 5.74) is 0.675. The summed E-state index contributed by atoms with van der Waals surface area (Å²) >= 11 is 0. The van der Waals surface area contributed by atoms with Gasteiger partial charge in [0.05, 0.1) is 19.9 Å². The van der Waals surface area contributed by atoms with Crippen molar-refractivity contribution in [3.63, 3.8) is 0 Å². The first kappa shape index (κ1) is 9.27. The highest BCUT2D eigenvalue weighted by molar-refractivity contribution is 6.78. The van der Waals surface area contributed by atoms with Gasteiger partial charge in [-0.2, -0.15) is 0 Å². The summed E-state index contributed by atoms with van der Waals surface area (Å²) in [6, 6.07) is 0. The molecule has 66 valence electrons. The quantitative estimate of drug-likeness (QED) is 0.469. The Morgan fingerprint density at radius 1 is 1.27 bits per heavy atom. The number of ether oxygens (including phenoxy) is 1. The standard InChI is InChI=1S/C9H20OSi/c1-5-6-7-8-9(10-8)11(2,3)4/h8-9H,5-7H2,1-4H3. The zero-order valence-electron chi connectivity index (χ0n) is 8.18. The van der Waals surface area contributed by atoms with Gasteiger partial charge in [0.1, 0.15) is 0 Å². The summed E-state index contributed by atoms with van der Waals surface area (Å²) in [6.07, 6.45) is 4.58. The Kier molecular flexibility index (Phi) is 2.76. The second-order valence-corrected chi connectivity index (χ2v) is 9.90. The number of hydrogen-bond acceptors (Lipinski definition) is 1. The topological polar surface area (TPSA) is 12.5 Å². The molecule has 1 aliphatic rings. The van der Waals surface area contributed by atoms with Gasteiger partial charge in [-0.15, -0.1) is 0 Å². The van der Waals surface area contributed by atoms with Crippen LogP contribution < -0.4 is 0 Å². The number of epoxide rings is 1. The molecule has 1 saturated heterocycles. The normalized spacial score (nSPS) is 30.5. The van der Waals surface area contributed by atoms with Crippen molar-refractivity contribution in [3.05, 3.63) is 0 Å². The van der Waals surface area contributed by atoms with E-state index in [-0.39, 0.29) is 0 Å². The molecule has 0 N–H and O–H groups in total. The van der Waals surface area contributed by atoms with Crippen LogP contribution in [0.25, 0.3) is 0 Å². The molecule has 11 heavy (non-hydrogen) atoms. The molecule has 1 heterocycles. The highest BCUT2D eigenvalue weighted by Crippen LogP contribution is 2.34. The second kappa shape index (κ2) is 3.28. The van der Waals surface area contributed by atoms with Gasteiger partial charge in [0.2, 0.25) is 0 Å². The van der Waals surface area contributed by atoms with E-state index in [9.17, 15) is 0 Å². The lowest BCUT2D eigenvalue weighted by Crippen LogP contribution is -2.30. The summed E-state index contributed by atoms with van der Waals surface area (Å²) in [7, 11) is -0.959. The Labute approximate surface area is 71.1 Å². The molecule has 0 radical (unpaired) electrons. The fraction of sp³-hybridized carbons (Fsp3) is 1.00. The minimum Gasteiger partial charge on any atom is -0.373 e. The molecule has 0 aromatic heterocycles. The van der Waals surface area contributed by atoms with Crippen LogP contribution in [-0.4, -0.2) is 19.9 Å². The molecule has 2 unspecified atom stereocenters. The van der Waals surface area contributed by atoms with Crippen LogP contribution in [0.15, 0.2) is 0 Å². The molecule has 0 aromatic carbocycles. The fourth-order valence-electron chi connectivity index (χ4n) is 1.53. The lowest BCUT2D eigenvalue weighted by atomic mass is 10.2. The van der Waals surface area contributed by atoms with Crippen molar-refractivity contribution >= 4 is 8.07 Å². The van der Waals surface area contributed by atoms with E-state index in [1.54, 1.807) is 0 Å². The van der Waals surface area contributed by atoms with Gasteiger partial charge >= 0.3 is 0 Å². The molecule has 0 aromatic rings. The van der Waals surface area contributed by atoms with Crippen molar-refractivity contribution < 1.29 is 4.74 Å². The minimum atomic E-state index is -0.959. The molecular weight excluding hydrogens is 152 g/mol. The summed E-state index contributed by atoms with van der Waals surface area (Å²) < 4.78 is 5.65. The van der Waals surface area contributed by atoms with Crippen LogP contribution in [0.5, 0.6) is 0 Å². The van der Waals surface area contributed by atoms with Crippen LogP contribution in [0.1, 0.15) is 26.2 Å². The Balaban J connectivity index is 2.16. The third-order valence-corrected chi connectivity index (χ3v) is 4.49. The third kappa shape index (κ3) is 2.60. The average molecular weight is 172 g/mol. The van der Waals surface area contributed by atoms with Crippen LogP contribution in [0.2, 0.25) is 19.6 Å². The maximum Gasteiger partial charge on any atom is 0.0819 e.